The molecule has 0 aliphatic heterocycles. The second-order valence-electron chi connectivity index (χ2n) is 6.19. The van der Waals surface area contributed by atoms with Gasteiger partial charge in [0.05, 0.1) is 27.2 Å². The number of nitrogens with zero attached hydrogens (tertiary/aromatic N) is 1. The molecule has 4 aromatic rings. The minimum Gasteiger partial charge on any atom is -0.506 e. The molecule has 1 N–H and O–H groups in total. The zero-order chi connectivity index (χ0) is 18.0. The summed E-state index contributed by atoms with van der Waals surface area (Å²) >= 11 is 6.32. The molecule has 0 spiro atoms. The number of halogens is 1. The number of rotatable bonds is 0. The van der Waals surface area contributed by atoms with Gasteiger partial charge in [0.1, 0.15) is 5.75 Å². The standard InChI is InChI=1S/C21H10ClNO3/c22-17-15-16(20(25)12-7-3-2-6-11(12)19(15)24)18-13(21(17)26)9-10-5-1-4-8-14(10)23-18/h1-9,26H. The van der Waals surface area contributed by atoms with Crippen molar-refractivity contribution in [2.75, 3.05) is 0 Å². The van der Waals surface area contributed by atoms with E-state index in [2.05, 4.69) is 4.98 Å². The Labute approximate surface area is 152 Å². The third kappa shape index (κ3) is 1.82. The van der Waals surface area contributed by atoms with E-state index in [9.17, 15) is 14.7 Å². The normalized spacial score (nSPS) is 13.1. The zero-order valence-corrected chi connectivity index (χ0v) is 14.0. The summed E-state index contributed by atoms with van der Waals surface area (Å²) in [6, 6.07) is 15.7. The van der Waals surface area contributed by atoms with Crippen molar-refractivity contribution in [1.82, 2.24) is 4.98 Å². The van der Waals surface area contributed by atoms with Crippen molar-refractivity contribution >= 4 is 45.0 Å². The Morgan fingerprint density at radius 3 is 2.19 bits per heavy atom. The fraction of sp³-hybridized carbons (Fsp3) is 0. The lowest BCUT2D eigenvalue weighted by Gasteiger charge is -2.21. The van der Waals surface area contributed by atoms with Crippen LogP contribution >= 0.6 is 11.6 Å². The predicted octanol–water partition coefficient (Wildman–Crippen LogP) is 4.52. The highest BCUT2D eigenvalue weighted by atomic mass is 35.5. The summed E-state index contributed by atoms with van der Waals surface area (Å²) in [7, 11) is 0. The largest absolute Gasteiger partial charge is 0.506 e. The van der Waals surface area contributed by atoms with Crippen LogP contribution in [-0.4, -0.2) is 21.7 Å². The molecule has 0 fully saturated rings. The number of carbonyl (C=O) groups excluding carboxylic acids is 2. The summed E-state index contributed by atoms with van der Waals surface area (Å²) in [6.07, 6.45) is 0. The van der Waals surface area contributed by atoms with Gasteiger partial charge in [-0.3, -0.25) is 9.59 Å². The number of benzene rings is 3. The van der Waals surface area contributed by atoms with Gasteiger partial charge in [0, 0.05) is 21.9 Å². The zero-order valence-electron chi connectivity index (χ0n) is 13.3. The Morgan fingerprint density at radius 1 is 0.846 bits per heavy atom. The first-order chi connectivity index (χ1) is 12.6. The maximum Gasteiger partial charge on any atom is 0.196 e. The van der Waals surface area contributed by atoms with E-state index in [0.717, 1.165) is 5.39 Å². The predicted molar refractivity (Wildman–Crippen MR) is 99.2 cm³/mol. The molecule has 5 heteroatoms. The first-order valence-electron chi connectivity index (χ1n) is 8.00. The Balaban J connectivity index is 1.99. The van der Waals surface area contributed by atoms with Crippen molar-refractivity contribution in [2.24, 2.45) is 0 Å². The minimum absolute atomic E-state index is 0.0168. The molecule has 1 aromatic heterocycles. The van der Waals surface area contributed by atoms with Gasteiger partial charge in [-0.15, -0.1) is 0 Å². The Bertz CT molecular complexity index is 1290. The summed E-state index contributed by atoms with van der Waals surface area (Å²) in [4.78, 5) is 30.7. The van der Waals surface area contributed by atoms with E-state index in [0.29, 0.717) is 16.5 Å². The minimum atomic E-state index is -0.382. The Kier molecular flexibility index (Phi) is 2.97. The summed E-state index contributed by atoms with van der Waals surface area (Å²) in [5.74, 6) is -0.934. The van der Waals surface area contributed by atoms with Gasteiger partial charge >= 0.3 is 0 Å². The first kappa shape index (κ1) is 15.0. The van der Waals surface area contributed by atoms with Crippen molar-refractivity contribution < 1.29 is 14.7 Å². The molecule has 0 atom stereocenters. The van der Waals surface area contributed by atoms with Gasteiger partial charge in [0.2, 0.25) is 0 Å². The van der Waals surface area contributed by atoms with Crippen LogP contribution < -0.4 is 0 Å². The van der Waals surface area contributed by atoms with Gasteiger partial charge in [-0.1, -0.05) is 54.1 Å². The molecule has 0 radical (unpaired) electrons. The van der Waals surface area contributed by atoms with Crippen molar-refractivity contribution in [3.05, 3.63) is 81.9 Å². The second kappa shape index (κ2) is 5.13. The Hall–Kier alpha value is -3.24. The summed E-state index contributed by atoms with van der Waals surface area (Å²) in [5, 5.41) is 11.6. The number of phenols is 1. The number of hydrogen-bond donors (Lipinski definition) is 1. The van der Waals surface area contributed by atoms with E-state index in [1.165, 1.54) is 0 Å². The Morgan fingerprint density at radius 2 is 1.46 bits per heavy atom. The summed E-state index contributed by atoms with van der Waals surface area (Å²) in [6.45, 7) is 0. The average molecular weight is 360 g/mol. The van der Waals surface area contributed by atoms with Crippen molar-refractivity contribution in [1.29, 1.82) is 0 Å². The lowest BCUT2D eigenvalue weighted by Crippen LogP contribution is -2.22. The van der Waals surface area contributed by atoms with Crippen molar-refractivity contribution in [3.8, 4) is 5.75 Å². The molecular formula is C21H10ClNO3. The molecule has 1 heterocycles. The molecule has 5 rings (SSSR count). The lowest BCUT2D eigenvalue weighted by atomic mass is 9.82. The van der Waals surface area contributed by atoms with E-state index in [4.69, 9.17) is 11.6 Å². The molecular weight excluding hydrogens is 350 g/mol. The summed E-state index contributed by atoms with van der Waals surface area (Å²) < 4.78 is 0. The van der Waals surface area contributed by atoms with Crippen LogP contribution in [0.1, 0.15) is 31.8 Å². The maximum atomic E-state index is 13.1. The van der Waals surface area contributed by atoms with Crippen LogP contribution in [0.3, 0.4) is 0 Å². The van der Waals surface area contributed by atoms with Crippen LogP contribution in [0.25, 0.3) is 21.8 Å². The van der Waals surface area contributed by atoms with Crippen molar-refractivity contribution in [3.63, 3.8) is 0 Å². The highest BCUT2D eigenvalue weighted by molar-refractivity contribution is 6.42. The molecule has 26 heavy (non-hydrogen) atoms. The number of pyridine rings is 1. The molecule has 124 valence electrons. The quantitative estimate of drug-likeness (QED) is 0.413. The molecule has 0 unspecified atom stereocenters. The van der Waals surface area contributed by atoms with E-state index < -0.39 is 0 Å². The van der Waals surface area contributed by atoms with E-state index in [1.807, 2.05) is 24.3 Å². The van der Waals surface area contributed by atoms with Gasteiger partial charge in [-0.05, 0) is 12.1 Å². The third-order valence-electron chi connectivity index (χ3n) is 4.76. The van der Waals surface area contributed by atoms with Crippen LogP contribution in [0.15, 0.2) is 54.6 Å². The number of phenolic OH excluding ortho intramolecular Hbond substituents is 1. The number of aromatic nitrogens is 1. The van der Waals surface area contributed by atoms with Crippen LogP contribution in [0.4, 0.5) is 0 Å². The van der Waals surface area contributed by atoms with E-state index >= 15 is 0 Å². The molecule has 0 bridgehead atoms. The van der Waals surface area contributed by atoms with Crippen molar-refractivity contribution in [2.45, 2.75) is 0 Å². The molecule has 3 aromatic carbocycles. The first-order valence-corrected chi connectivity index (χ1v) is 8.38. The van der Waals surface area contributed by atoms with Crippen LogP contribution in [0.2, 0.25) is 5.02 Å². The molecule has 0 saturated heterocycles. The van der Waals surface area contributed by atoms with Gasteiger partial charge in [-0.25, -0.2) is 4.98 Å². The monoisotopic (exact) mass is 359 g/mol. The smallest absolute Gasteiger partial charge is 0.196 e. The van der Waals surface area contributed by atoms with Crippen LogP contribution in [-0.2, 0) is 0 Å². The average Bonchev–Trinajstić information content (AvgIpc) is 2.67. The topological polar surface area (TPSA) is 67.3 Å². The highest BCUT2D eigenvalue weighted by Gasteiger charge is 2.35. The van der Waals surface area contributed by atoms with Gasteiger partial charge < -0.3 is 5.11 Å². The number of carbonyl (C=O) groups is 2. The molecule has 1 aliphatic carbocycles. The molecule has 0 saturated carbocycles. The lowest BCUT2D eigenvalue weighted by molar-refractivity contribution is 0.0980. The van der Waals surface area contributed by atoms with E-state index in [1.54, 1.807) is 30.3 Å². The molecule has 4 nitrogen and oxygen atoms in total. The summed E-state index contributed by atoms with van der Waals surface area (Å²) in [5.41, 5.74) is 1.73. The maximum absolute atomic E-state index is 13.1. The number of para-hydroxylation sites is 1. The third-order valence-corrected chi connectivity index (χ3v) is 5.13. The van der Waals surface area contributed by atoms with E-state index in [-0.39, 0.29) is 44.5 Å². The highest BCUT2D eigenvalue weighted by Crippen LogP contribution is 2.43. The number of ketones is 2. The molecule has 0 amide bonds. The SMILES string of the molecule is O=C1c2ccccc2C(=O)c2c1c(Cl)c(O)c1cc3ccccc3nc21. The second-order valence-corrected chi connectivity index (χ2v) is 6.57. The number of aromatic hydroxyl groups is 1. The number of hydrogen-bond acceptors (Lipinski definition) is 4. The fourth-order valence-corrected chi connectivity index (χ4v) is 3.82. The van der Waals surface area contributed by atoms with Gasteiger partial charge in [-0.2, -0.15) is 0 Å². The number of fused-ring (bicyclic) bond motifs is 5. The van der Waals surface area contributed by atoms with Crippen LogP contribution in [0, 0.1) is 0 Å². The fourth-order valence-electron chi connectivity index (χ4n) is 3.53. The van der Waals surface area contributed by atoms with Gasteiger partial charge in [0.25, 0.3) is 0 Å². The molecule has 1 aliphatic rings. The van der Waals surface area contributed by atoms with Crippen LogP contribution in [0.5, 0.6) is 5.75 Å². The van der Waals surface area contributed by atoms with Gasteiger partial charge in [0.15, 0.2) is 11.6 Å².